The molecule has 0 radical (unpaired) electrons. The summed E-state index contributed by atoms with van der Waals surface area (Å²) >= 11 is 0. The van der Waals surface area contributed by atoms with Crippen LogP contribution in [0.3, 0.4) is 0 Å². The molecule has 136 valence electrons. The topological polar surface area (TPSA) is 78.7 Å². The van der Waals surface area contributed by atoms with Gasteiger partial charge >= 0.3 is 5.97 Å². The fraction of sp³-hybridized carbons (Fsp3) is 0.389. The average molecular weight is 348 g/mol. The van der Waals surface area contributed by atoms with Gasteiger partial charge in [0.15, 0.2) is 0 Å². The number of hydrogen-bond donors (Lipinski definition) is 0. The summed E-state index contributed by atoms with van der Waals surface area (Å²) in [5.41, 5.74) is 1.76. The van der Waals surface area contributed by atoms with Crippen molar-refractivity contribution in [1.82, 2.24) is 0 Å². The number of oxime groups is 2. The van der Waals surface area contributed by atoms with Gasteiger partial charge in [-0.15, -0.1) is 0 Å². The summed E-state index contributed by atoms with van der Waals surface area (Å²) in [6.45, 7) is 2.20. The van der Waals surface area contributed by atoms with Crippen molar-refractivity contribution in [2.45, 2.75) is 20.0 Å². The average Bonchev–Trinajstić information content (AvgIpc) is 2.65. The summed E-state index contributed by atoms with van der Waals surface area (Å²) in [7, 11) is 4.28. The SMILES string of the molecule is CCC(C=NOC)/C=N/OCc1ccccc1/C(=C\OC)C(=O)OC. The van der Waals surface area contributed by atoms with Crippen LogP contribution in [-0.2, 0) is 30.6 Å². The van der Waals surface area contributed by atoms with Crippen LogP contribution in [0.4, 0.5) is 0 Å². The molecule has 0 saturated carbocycles. The van der Waals surface area contributed by atoms with Crippen LogP contribution < -0.4 is 0 Å². The zero-order chi connectivity index (χ0) is 18.5. The highest BCUT2D eigenvalue weighted by molar-refractivity contribution is 6.16. The van der Waals surface area contributed by atoms with Crippen molar-refractivity contribution in [3.63, 3.8) is 0 Å². The highest BCUT2D eigenvalue weighted by atomic mass is 16.6. The lowest BCUT2D eigenvalue weighted by atomic mass is 10.0. The standard InChI is InChI=1S/C18H24N2O5/c1-5-14(10-19-24-4)11-20-25-12-15-8-6-7-9-16(15)17(13-22-2)18(21)23-3/h6-11,13-14H,5,12H2,1-4H3/b17-13+,19-10?,20-11+. The zero-order valence-electron chi connectivity index (χ0n) is 15.0. The first-order valence-corrected chi connectivity index (χ1v) is 7.79. The maximum atomic E-state index is 11.9. The summed E-state index contributed by atoms with van der Waals surface area (Å²) in [4.78, 5) is 22.0. The van der Waals surface area contributed by atoms with Crippen LogP contribution in [0.15, 0.2) is 40.8 Å². The molecule has 0 heterocycles. The molecule has 0 aliphatic carbocycles. The molecule has 1 unspecified atom stereocenters. The molecule has 0 spiro atoms. The largest absolute Gasteiger partial charge is 0.503 e. The lowest BCUT2D eigenvalue weighted by Crippen LogP contribution is -2.07. The molecule has 7 nitrogen and oxygen atoms in total. The first-order valence-electron chi connectivity index (χ1n) is 7.79. The van der Waals surface area contributed by atoms with Crippen LogP contribution in [0.1, 0.15) is 24.5 Å². The van der Waals surface area contributed by atoms with Crippen molar-refractivity contribution in [2.75, 3.05) is 21.3 Å². The maximum absolute atomic E-state index is 11.9. The quantitative estimate of drug-likeness (QED) is 0.213. The molecule has 0 bridgehead atoms. The minimum atomic E-state index is -0.486. The fourth-order valence-electron chi connectivity index (χ4n) is 1.97. The van der Waals surface area contributed by atoms with Gasteiger partial charge in [0.25, 0.3) is 0 Å². The third kappa shape index (κ3) is 6.66. The predicted octanol–water partition coefficient (Wildman–Crippen LogP) is 3.01. The van der Waals surface area contributed by atoms with Crippen molar-refractivity contribution < 1.29 is 23.9 Å². The third-order valence-corrected chi connectivity index (χ3v) is 3.32. The van der Waals surface area contributed by atoms with Crippen LogP contribution in [0.2, 0.25) is 0 Å². The molecule has 0 aliphatic rings. The predicted molar refractivity (Wildman–Crippen MR) is 96.0 cm³/mol. The Bertz CT molecular complexity index is 626. The van der Waals surface area contributed by atoms with Gasteiger partial charge in [-0.1, -0.05) is 41.5 Å². The third-order valence-electron chi connectivity index (χ3n) is 3.32. The smallest absolute Gasteiger partial charge is 0.341 e. The number of hydrogen-bond acceptors (Lipinski definition) is 7. The van der Waals surface area contributed by atoms with Crippen molar-refractivity contribution in [2.24, 2.45) is 16.2 Å². The van der Waals surface area contributed by atoms with E-state index in [1.165, 1.54) is 27.6 Å². The van der Waals surface area contributed by atoms with E-state index in [4.69, 9.17) is 14.3 Å². The Morgan fingerprint density at radius 2 is 1.88 bits per heavy atom. The van der Waals surface area contributed by atoms with Gasteiger partial charge in [-0.25, -0.2) is 4.79 Å². The van der Waals surface area contributed by atoms with E-state index in [0.717, 1.165) is 12.0 Å². The molecule has 0 N–H and O–H groups in total. The summed E-state index contributed by atoms with van der Waals surface area (Å²) in [6, 6.07) is 7.32. The zero-order valence-corrected chi connectivity index (χ0v) is 15.0. The van der Waals surface area contributed by atoms with Crippen LogP contribution in [0.5, 0.6) is 0 Å². The first-order chi connectivity index (χ1) is 12.2. The summed E-state index contributed by atoms with van der Waals surface area (Å²) in [6.07, 6.45) is 5.47. The number of carbonyl (C=O) groups excluding carboxylic acids is 1. The maximum Gasteiger partial charge on any atom is 0.341 e. The van der Waals surface area contributed by atoms with Crippen LogP contribution in [0, 0.1) is 5.92 Å². The van der Waals surface area contributed by atoms with Gasteiger partial charge in [-0.3, -0.25) is 0 Å². The highest BCUT2D eigenvalue weighted by Gasteiger charge is 2.16. The van der Waals surface area contributed by atoms with Crippen LogP contribution in [-0.4, -0.2) is 39.7 Å². The van der Waals surface area contributed by atoms with E-state index >= 15 is 0 Å². The van der Waals surface area contributed by atoms with Gasteiger partial charge in [-0.05, 0) is 12.0 Å². The molecule has 0 aromatic heterocycles. The Morgan fingerprint density at radius 3 is 2.52 bits per heavy atom. The molecule has 0 amide bonds. The second-order valence-corrected chi connectivity index (χ2v) is 4.95. The normalized spacial score (nSPS) is 13.0. The van der Waals surface area contributed by atoms with Gasteiger partial charge in [-0.2, -0.15) is 0 Å². The lowest BCUT2D eigenvalue weighted by molar-refractivity contribution is -0.133. The Morgan fingerprint density at radius 1 is 1.16 bits per heavy atom. The van der Waals surface area contributed by atoms with Crippen molar-refractivity contribution in [1.29, 1.82) is 0 Å². The van der Waals surface area contributed by atoms with E-state index in [1.54, 1.807) is 18.5 Å². The van der Waals surface area contributed by atoms with Crippen LogP contribution >= 0.6 is 0 Å². The summed E-state index contributed by atoms with van der Waals surface area (Å²) in [5.74, 6) is -0.464. The highest BCUT2D eigenvalue weighted by Crippen LogP contribution is 2.21. The minimum absolute atomic E-state index is 0.0224. The van der Waals surface area contributed by atoms with Gasteiger partial charge in [0.2, 0.25) is 0 Å². The molecule has 1 aromatic carbocycles. The number of esters is 1. The van der Waals surface area contributed by atoms with Crippen molar-refractivity contribution in [3.05, 3.63) is 41.7 Å². The molecular formula is C18H24N2O5. The van der Waals surface area contributed by atoms with E-state index in [2.05, 4.69) is 15.1 Å². The Balaban J connectivity index is 2.85. The van der Waals surface area contributed by atoms with Gasteiger partial charge in [0.1, 0.15) is 19.3 Å². The van der Waals surface area contributed by atoms with Crippen molar-refractivity contribution in [3.8, 4) is 0 Å². The number of ether oxygens (including phenoxy) is 2. The van der Waals surface area contributed by atoms with Gasteiger partial charge in [0, 0.05) is 11.5 Å². The number of methoxy groups -OCH3 is 2. The molecule has 0 saturated heterocycles. The molecule has 0 aliphatic heterocycles. The van der Waals surface area contributed by atoms with E-state index in [-0.39, 0.29) is 12.5 Å². The molecule has 0 fully saturated rings. The monoisotopic (exact) mass is 348 g/mol. The van der Waals surface area contributed by atoms with Gasteiger partial charge < -0.3 is 19.1 Å². The Hall–Kier alpha value is -2.83. The van der Waals surface area contributed by atoms with Crippen molar-refractivity contribution >= 4 is 24.0 Å². The molecular weight excluding hydrogens is 324 g/mol. The molecule has 25 heavy (non-hydrogen) atoms. The molecule has 7 heteroatoms. The van der Waals surface area contributed by atoms with E-state index in [9.17, 15) is 4.79 Å². The molecule has 1 rings (SSSR count). The van der Waals surface area contributed by atoms with Gasteiger partial charge in [0.05, 0.1) is 32.9 Å². The number of rotatable bonds is 10. The fourth-order valence-corrected chi connectivity index (χ4v) is 1.97. The first kappa shape index (κ1) is 20.2. The summed E-state index contributed by atoms with van der Waals surface area (Å²) < 4.78 is 9.79. The Labute approximate surface area is 147 Å². The minimum Gasteiger partial charge on any atom is -0.503 e. The van der Waals surface area contributed by atoms with E-state index in [0.29, 0.717) is 11.1 Å². The van der Waals surface area contributed by atoms with E-state index in [1.807, 2.05) is 25.1 Å². The number of carbonyl (C=O) groups is 1. The van der Waals surface area contributed by atoms with E-state index < -0.39 is 5.97 Å². The molecule has 1 aromatic rings. The van der Waals surface area contributed by atoms with Crippen LogP contribution in [0.25, 0.3) is 5.57 Å². The lowest BCUT2D eigenvalue weighted by Gasteiger charge is -2.10. The number of nitrogens with zero attached hydrogens (tertiary/aromatic N) is 2. The Kier molecular flexibility index (Phi) is 9.43. The number of benzene rings is 1. The molecule has 1 atom stereocenters. The second kappa shape index (κ2) is 11.7. The second-order valence-electron chi connectivity index (χ2n) is 4.95. The summed E-state index contributed by atoms with van der Waals surface area (Å²) in [5, 5.41) is 7.69.